The van der Waals surface area contributed by atoms with Crippen LogP contribution < -0.4 is 5.32 Å². The number of benzene rings is 1. The molecule has 0 bridgehead atoms. The lowest BCUT2D eigenvalue weighted by Crippen LogP contribution is -2.31. The van der Waals surface area contributed by atoms with Gasteiger partial charge < -0.3 is 10.2 Å². The van der Waals surface area contributed by atoms with E-state index in [1.807, 2.05) is 18.2 Å². The molecule has 1 aromatic rings. The Morgan fingerprint density at radius 2 is 2.15 bits per heavy atom. The third kappa shape index (κ3) is 5.09. The van der Waals surface area contributed by atoms with Crippen molar-refractivity contribution in [2.75, 3.05) is 31.1 Å². The molecule has 1 saturated heterocycles. The van der Waals surface area contributed by atoms with Gasteiger partial charge in [0, 0.05) is 42.5 Å². The SMILES string of the molecule is O=C(CCN1CCSC1=O)NCCSc1ccccc1. The Morgan fingerprint density at radius 3 is 2.85 bits per heavy atom. The van der Waals surface area contributed by atoms with E-state index in [1.54, 1.807) is 16.7 Å². The Labute approximate surface area is 127 Å². The van der Waals surface area contributed by atoms with E-state index in [0.29, 0.717) is 19.5 Å². The fraction of sp³-hybridized carbons (Fsp3) is 0.429. The van der Waals surface area contributed by atoms with Crippen LogP contribution in [0.15, 0.2) is 35.2 Å². The molecule has 2 amide bonds. The van der Waals surface area contributed by atoms with Crippen molar-refractivity contribution < 1.29 is 9.59 Å². The largest absolute Gasteiger partial charge is 0.355 e. The monoisotopic (exact) mass is 310 g/mol. The van der Waals surface area contributed by atoms with Crippen molar-refractivity contribution in [3.63, 3.8) is 0 Å². The molecule has 1 aliphatic heterocycles. The first-order valence-corrected chi connectivity index (χ1v) is 8.59. The summed E-state index contributed by atoms with van der Waals surface area (Å²) in [5, 5.41) is 2.98. The van der Waals surface area contributed by atoms with Crippen LogP contribution in [0, 0.1) is 0 Å². The molecule has 4 nitrogen and oxygen atoms in total. The summed E-state index contributed by atoms with van der Waals surface area (Å²) < 4.78 is 0. The molecule has 0 aliphatic carbocycles. The molecule has 6 heteroatoms. The first kappa shape index (κ1) is 15.3. The van der Waals surface area contributed by atoms with Gasteiger partial charge in [0.2, 0.25) is 5.91 Å². The number of nitrogens with one attached hydrogen (secondary N) is 1. The van der Waals surface area contributed by atoms with E-state index in [9.17, 15) is 9.59 Å². The van der Waals surface area contributed by atoms with Crippen LogP contribution in [0.25, 0.3) is 0 Å². The fourth-order valence-corrected chi connectivity index (χ4v) is 3.47. The van der Waals surface area contributed by atoms with Crippen molar-refractivity contribution >= 4 is 34.7 Å². The first-order valence-electron chi connectivity index (χ1n) is 6.62. The van der Waals surface area contributed by atoms with Gasteiger partial charge in [0.1, 0.15) is 0 Å². The van der Waals surface area contributed by atoms with E-state index in [0.717, 1.165) is 18.1 Å². The summed E-state index contributed by atoms with van der Waals surface area (Å²) in [6.45, 7) is 1.95. The van der Waals surface area contributed by atoms with Crippen LogP contribution in [-0.4, -0.2) is 47.2 Å². The summed E-state index contributed by atoms with van der Waals surface area (Å²) in [5.41, 5.74) is 0. The number of hydrogen-bond donors (Lipinski definition) is 1. The van der Waals surface area contributed by atoms with Crippen LogP contribution in [-0.2, 0) is 4.79 Å². The van der Waals surface area contributed by atoms with Crippen molar-refractivity contribution in [2.24, 2.45) is 0 Å². The van der Waals surface area contributed by atoms with Crippen molar-refractivity contribution in [1.82, 2.24) is 10.2 Å². The second kappa shape index (κ2) is 8.21. The van der Waals surface area contributed by atoms with Gasteiger partial charge in [-0.3, -0.25) is 9.59 Å². The van der Waals surface area contributed by atoms with Gasteiger partial charge in [0.25, 0.3) is 5.24 Å². The maximum atomic E-state index is 11.7. The van der Waals surface area contributed by atoms with Gasteiger partial charge in [-0.05, 0) is 12.1 Å². The van der Waals surface area contributed by atoms with Gasteiger partial charge in [-0.2, -0.15) is 0 Å². The highest BCUT2D eigenvalue weighted by molar-refractivity contribution is 8.13. The molecule has 0 aromatic heterocycles. The van der Waals surface area contributed by atoms with Crippen molar-refractivity contribution in [2.45, 2.75) is 11.3 Å². The van der Waals surface area contributed by atoms with Gasteiger partial charge in [-0.15, -0.1) is 11.8 Å². The predicted octanol–water partition coefficient (Wildman–Crippen LogP) is 2.45. The van der Waals surface area contributed by atoms with Crippen molar-refractivity contribution in [3.05, 3.63) is 30.3 Å². The second-order valence-electron chi connectivity index (χ2n) is 4.36. The standard InChI is InChI=1S/C14H18N2O2S2/c17-13(6-8-16-9-11-20-14(16)18)15-7-10-19-12-4-2-1-3-5-12/h1-5H,6-11H2,(H,15,17). The second-order valence-corrected chi connectivity index (χ2v) is 6.58. The number of carbonyl (C=O) groups excluding carboxylic acids is 2. The Balaban J connectivity index is 1.55. The van der Waals surface area contributed by atoms with Crippen LogP contribution >= 0.6 is 23.5 Å². The van der Waals surface area contributed by atoms with E-state index in [-0.39, 0.29) is 11.1 Å². The molecule has 0 unspecified atom stereocenters. The maximum Gasteiger partial charge on any atom is 0.281 e. The summed E-state index contributed by atoms with van der Waals surface area (Å²) >= 11 is 3.05. The van der Waals surface area contributed by atoms with Crippen LogP contribution in [0.2, 0.25) is 0 Å². The average Bonchev–Trinajstić information content (AvgIpc) is 2.88. The highest BCUT2D eigenvalue weighted by Crippen LogP contribution is 2.17. The zero-order valence-corrected chi connectivity index (χ0v) is 12.8. The minimum atomic E-state index is 0.0170. The lowest BCUT2D eigenvalue weighted by molar-refractivity contribution is -0.121. The van der Waals surface area contributed by atoms with Crippen LogP contribution in [0.3, 0.4) is 0 Å². The Morgan fingerprint density at radius 1 is 1.35 bits per heavy atom. The van der Waals surface area contributed by atoms with E-state index >= 15 is 0 Å². The van der Waals surface area contributed by atoms with E-state index in [1.165, 1.54) is 16.7 Å². The highest BCUT2D eigenvalue weighted by Gasteiger charge is 2.21. The fourth-order valence-electron chi connectivity index (χ4n) is 1.83. The van der Waals surface area contributed by atoms with E-state index < -0.39 is 0 Å². The van der Waals surface area contributed by atoms with Gasteiger partial charge >= 0.3 is 0 Å². The molecule has 108 valence electrons. The predicted molar refractivity (Wildman–Crippen MR) is 84.2 cm³/mol. The summed E-state index contributed by atoms with van der Waals surface area (Å²) in [6, 6.07) is 10.1. The Hall–Kier alpha value is -1.14. The van der Waals surface area contributed by atoms with E-state index in [4.69, 9.17) is 0 Å². The zero-order chi connectivity index (χ0) is 14.2. The molecule has 0 radical (unpaired) electrons. The van der Waals surface area contributed by atoms with Gasteiger partial charge in [0.05, 0.1) is 0 Å². The topological polar surface area (TPSA) is 49.4 Å². The third-order valence-corrected chi connectivity index (χ3v) is 4.80. The number of amides is 2. The van der Waals surface area contributed by atoms with E-state index in [2.05, 4.69) is 17.4 Å². The molecule has 20 heavy (non-hydrogen) atoms. The first-order chi connectivity index (χ1) is 9.75. The molecule has 0 spiro atoms. The molecule has 1 aromatic carbocycles. The highest BCUT2D eigenvalue weighted by atomic mass is 32.2. The summed E-state index contributed by atoms with van der Waals surface area (Å²) in [7, 11) is 0. The maximum absolute atomic E-state index is 11.7. The van der Waals surface area contributed by atoms with Crippen molar-refractivity contribution in [3.8, 4) is 0 Å². The van der Waals surface area contributed by atoms with Crippen LogP contribution in [0.1, 0.15) is 6.42 Å². The Bertz CT molecular complexity index is 454. The summed E-state index contributed by atoms with van der Waals surface area (Å²) in [5.74, 6) is 1.71. The average molecular weight is 310 g/mol. The minimum Gasteiger partial charge on any atom is -0.355 e. The molecule has 0 saturated carbocycles. The van der Waals surface area contributed by atoms with Crippen molar-refractivity contribution in [1.29, 1.82) is 0 Å². The lowest BCUT2D eigenvalue weighted by atomic mass is 10.3. The van der Waals surface area contributed by atoms with Gasteiger partial charge in [0.15, 0.2) is 0 Å². The number of nitrogens with zero attached hydrogens (tertiary/aromatic N) is 1. The molecule has 1 aliphatic rings. The number of hydrogen-bond acceptors (Lipinski definition) is 4. The number of rotatable bonds is 7. The molecule has 1 N–H and O–H groups in total. The Kier molecular flexibility index (Phi) is 6.26. The molecule has 1 fully saturated rings. The summed E-state index contributed by atoms with van der Waals surface area (Å²) in [4.78, 5) is 26.0. The van der Waals surface area contributed by atoms with Crippen LogP contribution in [0.4, 0.5) is 4.79 Å². The normalized spacial score (nSPS) is 14.6. The quantitative estimate of drug-likeness (QED) is 0.621. The molecular formula is C14H18N2O2S2. The van der Waals surface area contributed by atoms with Crippen LogP contribution in [0.5, 0.6) is 0 Å². The molecule has 0 atom stereocenters. The van der Waals surface area contributed by atoms with Gasteiger partial charge in [-0.1, -0.05) is 30.0 Å². The zero-order valence-electron chi connectivity index (χ0n) is 11.2. The number of carbonyl (C=O) groups is 2. The molecule has 2 rings (SSSR count). The smallest absolute Gasteiger partial charge is 0.281 e. The minimum absolute atomic E-state index is 0.0170. The third-order valence-electron chi connectivity index (χ3n) is 2.89. The van der Waals surface area contributed by atoms with Gasteiger partial charge in [-0.25, -0.2) is 0 Å². The molecular weight excluding hydrogens is 292 g/mol. The number of thioether (sulfide) groups is 2. The lowest BCUT2D eigenvalue weighted by Gasteiger charge is -2.13. The molecule has 1 heterocycles. The summed E-state index contributed by atoms with van der Waals surface area (Å²) in [6.07, 6.45) is 0.391.